The molecule has 0 unspecified atom stereocenters. The molecule has 2 aliphatic rings. The van der Waals surface area contributed by atoms with Crippen molar-refractivity contribution in [1.82, 2.24) is 24.9 Å². The van der Waals surface area contributed by atoms with Gasteiger partial charge < -0.3 is 9.42 Å². The summed E-state index contributed by atoms with van der Waals surface area (Å²) in [6.45, 7) is 5.78. The largest absolute Gasteiger partial charge is 0.336 e. The molecule has 4 heterocycles. The Labute approximate surface area is 186 Å². The molecule has 0 N–H and O–H groups in total. The summed E-state index contributed by atoms with van der Waals surface area (Å²) in [7, 11) is 0. The molecule has 2 fully saturated rings. The van der Waals surface area contributed by atoms with Gasteiger partial charge in [-0.1, -0.05) is 29.4 Å². The summed E-state index contributed by atoms with van der Waals surface area (Å²) >= 11 is 0. The Balaban J connectivity index is 1.20. The molecule has 6 rings (SSSR count). The van der Waals surface area contributed by atoms with E-state index in [9.17, 15) is 4.79 Å². The van der Waals surface area contributed by atoms with Crippen molar-refractivity contribution >= 4 is 27.9 Å². The first-order valence-electron chi connectivity index (χ1n) is 11.3. The number of para-hydroxylation sites is 1. The topological polar surface area (TPSA) is 75.4 Å². The number of aryl methyl sites for hydroxylation is 1. The van der Waals surface area contributed by atoms with Gasteiger partial charge in [0, 0.05) is 55.9 Å². The molecule has 1 saturated carbocycles. The smallest absolute Gasteiger partial charge is 0.259 e. The van der Waals surface area contributed by atoms with Gasteiger partial charge in [0.05, 0.1) is 22.2 Å². The summed E-state index contributed by atoms with van der Waals surface area (Å²) in [5, 5.41) is 5.98. The molecule has 1 saturated heterocycles. The van der Waals surface area contributed by atoms with Crippen LogP contribution < -0.4 is 0 Å². The maximum absolute atomic E-state index is 13.5. The Kier molecular flexibility index (Phi) is 4.64. The molecule has 162 valence electrons. The standard InChI is InChI=1S/C25H25N5O2/c1-16-22-20(14-21(17-7-8-17)27-24(22)32-28-16)25(31)30-12-10-29(11-13-30)15-19-5-2-4-18-6-3-9-26-23(18)19/h2-6,9,14,17H,7-8,10-13,15H2,1H3. The molecular weight excluding hydrogens is 402 g/mol. The van der Waals surface area contributed by atoms with Gasteiger partial charge in [-0.05, 0) is 37.5 Å². The average molecular weight is 428 g/mol. The van der Waals surface area contributed by atoms with Crippen molar-refractivity contribution < 1.29 is 9.32 Å². The number of hydrogen-bond donors (Lipinski definition) is 0. The van der Waals surface area contributed by atoms with Crippen molar-refractivity contribution in [3.63, 3.8) is 0 Å². The van der Waals surface area contributed by atoms with Crippen molar-refractivity contribution in [2.24, 2.45) is 0 Å². The van der Waals surface area contributed by atoms with Crippen LogP contribution in [0.1, 0.15) is 46.1 Å². The number of fused-ring (bicyclic) bond motifs is 2. The van der Waals surface area contributed by atoms with Gasteiger partial charge in [0.15, 0.2) is 0 Å². The highest BCUT2D eigenvalue weighted by Crippen LogP contribution is 2.40. The molecule has 32 heavy (non-hydrogen) atoms. The van der Waals surface area contributed by atoms with Gasteiger partial charge in [-0.25, -0.2) is 4.98 Å². The fraction of sp³-hybridized carbons (Fsp3) is 0.360. The summed E-state index contributed by atoms with van der Waals surface area (Å²) in [6.07, 6.45) is 4.10. The van der Waals surface area contributed by atoms with Gasteiger partial charge in [-0.15, -0.1) is 0 Å². The van der Waals surface area contributed by atoms with E-state index in [1.807, 2.05) is 30.2 Å². The third-order valence-corrected chi connectivity index (χ3v) is 6.63. The SMILES string of the molecule is Cc1noc2nc(C3CC3)cc(C(=O)N3CCN(Cc4cccc5cccnc45)CC3)c12. The van der Waals surface area contributed by atoms with Crippen LogP contribution in [-0.4, -0.2) is 57.0 Å². The third-order valence-electron chi connectivity index (χ3n) is 6.63. The Morgan fingerprint density at radius 3 is 2.75 bits per heavy atom. The van der Waals surface area contributed by atoms with E-state index in [2.05, 4.69) is 44.3 Å². The Hall–Kier alpha value is -3.32. The monoisotopic (exact) mass is 427 g/mol. The highest BCUT2D eigenvalue weighted by molar-refractivity contribution is 6.06. The molecule has 0 atom stereocenters. The van der Waals surface area contributed by atoms with Crippen molar-refractivity contribution in [1.29, 1.82) is 0 Å². The van der Waals surface area contributed by atoms with Crippen LogP contribution >= 0.6 is 0 Å². The maximum atomic E-state index is 13.5. The van der Waals surface area contributed by atoms with Crippen molar-refractivity contribution in [2.75, 3.05) is 26.2 Å². The number of piperazine rings is 1. The van der Waals surface area contributed by atoms with Gasteiger partial charge >= 0.3 is 0 Å². The Morgan fingerprint density at radius 1 is 1.12 bits per heavy atom. The lowest BCUT2D eigenvalue weighted by Crippen LogP contribution is -2.48. The van der Waals surface area contributed by atoms with Crippen molar-refractivity contribution in [3.05, 3.63) is 65.1 Å². The van der Waals surface area contributed by atoms with E-state index in [-0.39, 0.29) is 5.91 Å². The molecular formula is C25H25N5O2. The number of pyridine rings is 2. The molecule has 4 aromatic rings. The number of amides is 1. The molecule has 0 bridgehead atoms. The zero-order valence-corrected chi connectivity index (χ0v) is 18.1. The average Bonchev–Trinajstić information content (AvgIpc) is 3.62. The van der Waals surface area contributed by atoms with Gasteiger partial charge in [-0.3, -0.25) is 14.7 Å². The fourth-order valence-corrected chi connectivity index (χ4v) is 4.69. The molecule has 7 heteroatoms. The minimum atomic E-state index is 0.0528. The number of carbonyl (C=O) groups is 1. The summed E-state index contributed by atoms with van der Waals surface area (Å²) in [5.74, 6) is 0.500. The zero-order valence-electron chi connectivity index (χ0n) is 18.1. The number of benzene rings is 1. The lowest BCUT2D eigenvalue weighted by Gasteiger charge is -2.35. The minimum absolute atomic E-state index is 0.0528. The predicted octanol–water partition coefficient (Wildman–Crippen LogP) is 3.91. The van der Waals surface area contributed by atoms with Crippen molar-refractivity contribution in [2.45, 2.75) is 32.2 Å². The van der Waals surface area contributed by atoms with Crippen LogP contribution in [0.5, 0.6) is 0 Å². The number of nitrogens with zero attached hydrogens (tertiary/aromatic N) is 5. The summed E-state index contributed by atoms with van der Waals surface area (Å²) in [5.41, 5.74) is 5.13. The Bertz CT molecular complexity index is 1310. The minimum Gasteiger partial charge on any atom is -0.336 e. The normalized spacial score (nSPS) is 17.3. The maximum Gasteiger partial charge on any atom is 0.259 e. The molecule has 1 aliphatic carbocycles. The molecule has 1 aromatic carbocycles. The van der Waals surface area contributed by atoms with Crippen LogP contribution in [-0.2, 0) is 6.54 Å². The second kappa shape index (κ2) is 7.67. The Morgan fingerprint density at radius 2 is 1.94 bits per heavy atom. The molecule has 7 nitrogen and oxygen atoms in total. The highest BCUT2D eigenvalue weighted by Gasteiger charge is 2.31. The van der Waals surface area contributed by atoms with Crippen LogP contribution in [0.2, 0.25) is 0 Å². The number of rotatable bonds is 4. The third kappa shape index (κ3) is 3.42. The zero-order chi connectivity index (χ0) is 21.7. The number of carbonyl (C=O) groups excluding carboxylic acids is 1. The van der Waals surface area contributed by atoms with Crippen LogP contribution in [0, 0.1) is 6.92 Å². The van der Waals surface area contributed by atoms with Gasteiger partial charge in [0.1, 0.15) is 0 Å². The van der Waals surface area contributed by atoms with Crippen LogP contribution in [0.3, 0.4) is 0 Å². The molecule has 0 spiro atoms. The number of aromatic nitrogens is 3. The van der Waals surface area contributed by atoms with Crippen LogP contribution in [0.4, 0.5) is 0 Å². The van der Waals surface area contributed by atoms with Crippen molar-refractivity contribution in [3.8, 4) is 0 Å². The quantitative estimate of drug-likeness (QED) is 0.492. The van der Waals surface area contributed by atoms with E-state index < -0.39 is 0 Å². The summed E-state index contributed by atoms with van der Waals surface area (Å²) in [4.78, 5) is 27.0. The molecule has 1 aliphatic heterocycles. The van der Waals surface area contributed by atoms with E-state index in [0.29, 0.717) is 30.3 Å². The van der Waals surface area contributed by atoms with Gasteiger partial charge in [0.25, 0.3) is 11.6 Å². The first-order chi connectivity index (χ1) is 15.7. The van der Waals surface area contributed by atoms with E-state index in [0.717, 1.165) is 60.2 Å². The van der Waals surface area contributed by atoms with E-state index in [1.54, 1.807) is 0 Å². The van der Waals surface area contributed by atoms with E-state index >= 15 is 0 Å². The fourth-order valence-electron chi connectivity index (χ4n) is 4.69. The lowest BCUT2D eigenvalue weighted by molar-refractivity contribution is 0.0630. The first-order valence-corrected chi connectivity index (χ1v) is 11.3. The second-order valence-electron chi connectivity index (χ2n) is 8.88. The lowest BCUT2D eigenvalue weighted by atomic mass is 10.1. The van der Waals surface area contributed by atoms with Crippen LogP contribution in [0.15, 0.2) is 47.1 Å². The molecule has 3 aromatic heterocycles. The highest BCUT2D eigenvalue weighted by atomic mass is 16.5. The summed E-state index contributed by atoms with van der Waals surface area (Å²) < 4.78 is 5.42. The first kappa shape index (κ1) is 19.4. The van der Waals surface area contributed by atoms with Crippen LogP contribution in [0.25, 0.3) is 22.0 Å². The summed E-state index contributed by atoms with van der Waals surface area (Å²) in [6, 6.07) is 12.4. The van der Waals surface area contributed by atoms with E-state index in [1.165, 1.54) is 5.56 Å². The second-order valence-corrected chi connectivity index (χ2v) is 8.88. The van der Waals surface area contributed by atoms with E-state index in [4.69, 9.17) is 4.52 Å². The number of hydrogen-bond acceptors (Lipinski definition) is 6. The predicted molar refractivity (Wildman–Crippen MR) is 121 cm³/mol. The molecule has 0 radical (unpaired) electrons. The van der Waals surface area contributed by atoms with Gasteiger partial charge in [-0.2, -0.15) is 0 Å². The molecule has 1 amide bonds. The van der Waals surface area contributed by atoms with Gasteiger partial charge in [0.2, 0.25) is 0 Å².